The zero-order chi connectivity index (χ0) is 20.3. The summed E-state index contributed by atoms with van der Waals surface area (Å²) in [5.41, 5.74) is 1.68. The van der Waals surface area contributed by atoms with Crippen LogP contribution in [0.15, 0.2) is 30.3 Å². The van der Waals surface area contributed by atoms with E-state index in [2.05, 4.69) is 64.6 Å². The molecule has 1 amide bonds. The second-order valence-corrected chi connectivity index (χ2v) is 9.56. The highest BCUT2D eigenvalue weighted by molar-refractivity contribution is 5.77. The van der Waals surface area contributed by atoms with Crippen molar-refractivity contribution in [2.75, 3.05) is 32.8 Å². The second-order valence-electron chi connectivity index (χ2n) is 9.56. The standard InChI is InChI=1S/C23H36N4O2/c1-23(2)9-6-10-27(19(17-23)15-18-7-4-3-5-8-18)22-24-20(16-21(28)25-22)26-11-13-29-14-12-26/h3-5,7-8,19-20,22,24H,6,9-17H2,1-2H3,(H,25,28)/t19-,20?,22?/m0/s1. The number of carbonyl (C=O) groups is 1. The Morgan fingerprint density at radius 1 is 1.14 bits per heavy atom. The molecule has 3 heterocycles. The van der Waals surface area contributed by atoms with E-state index < -0.39 is 0 Å². The summed E-state index contributed by atoms with van der Waals surface area (Å²) < 4.78 is 5.50. The van der Waals surface area contributed by atoms with Gasteiger partial charge in [-0.2, -0.15) is 0 Å². The van der Waals surface area contributed by atoms with E-state index in [9.17, 15) is 4.79 Å². The molecule has 0 radical (unpaired) electrons. The fraction of sp³-hybridized carbons (Fsp3) is 0.696. The number of hydrogen-bond acceptors (Lipinski definition) is 5. The first-order valence-electron chi connectivity index (χ1n) is 11.2. The molecule has 0 spiro atoms. The first-order valence-corrected chi connectivity index (χ1v) is 11.2. The highest BCUT2D eigenvalue weighted by Crippen LogP contribution is 2.35. The summed E-state index contributed by atoms with van der Waals surface area (Å²) in [5.74, 6) is 0.146. The Morgan fingerprint density at radius 3 is 2.66 bits per heavy atom. The summed E-state index contributed by atoms with van der Waals surface area (Å²) in [6, 6.07) is 11.2. The highest BCUT2D eigenvalue weighted by atomic mass is 16.5. The summed E-state index contributed by atoms with van der Waals surface area (Å²) in [5, 5.41) is 7.00. The molecule has 160 valence electrons. The Balaban J connectivity index is 1.52. The fourth-order valence-electron chi connectivity index (χ4n) is 5.17. The molecule has 6 nitrogen and oxygen atoms in total. The van der Waals surface area contributed by atoms with Crippen molar-refractivity contribution in [2.24, 2.45) is 5.41 Å². The zero-order valence-electron chi connectivity index (χ0n) is 17.9. The van der Waals surface area contributed by atoms with Gasteiger partial charge in [-0.05, 0) is 36.7 Å². The highest BCUT2D eigenvalue weighted by Gasteiger charge is 2.39. The topological polar surface area (TPSA) is 56.8 Å². The van der Waals surface area contributed by atoms with Crippen molar-refractivity contribution in [3.63, 3.8) is 0 Å². The minimum atomic E-state index is -0.105. The summed E-state index contributed by atoms with van der Waals surface area (Å²) >= 11 is 0. The molecular weight excluding hydrogens is 364 g/mol. The molecule has 3 aliphatic heterocycles. The minimum Gasteiger partial charge on any atom is -0.379 e. The van der Waals surface area contributed by atoms with Gasteiger partial charge < -0.3 is 10.1 Å². The van der Waals surface area contributed by atoms with Gasteiger partial charge in [-0.25, -0.2) is 0 Å². The van der Waals surface area contributed by atoms with Crippen LogP contribution in [-0.4, -0.2) is 67.1 Å². The van der Waals surface area contributed by atoms with Crippen LogP contribution in [0.25, 0.3) is 0 Å². The molecule has 1 aromatic carbocycles. The normalized spacial score (nSPS) is 31.8. The Hall–Kier alpha value is -1.47. The first-order chi connectivity index (χ1) is 14.0. The molecule has 0 saturated carbocycles. The summed E-state index contributed by atoms with van der Waals surface area (Å²) in [6.07, 6.45) is 5.03. The number of ether oxygens (including phenoxy) is 1. The van der Waals surface area contributed by atoms with Crippen LogP contribution in [0.4, 0.5) is 0 Å². The molecule has 0 bridgehead atoms. The summed E-state index contributed by atoms with van der Waals surface area (Å²) in [7, 11) is 0. The van der Waals surface area contributed by atoms with Gasteiger partial charge in [0.25, 0.3) is 0 Å². The van der Waals surface area contributed by atoms with Crippen molar-refractivity contribution in [1.82, 2.24) is 20.4 Å². The summed E-state index contributed by atoms with van der Waals surface area (Å²) in [6.45, 7) is 9.05. The van der Waals surface area contributed by atoms with Crippen molar-refractivity contribution in [1.29, 1.82) is 0 Å². The number of benzene rings is 1. The molecule has 3 fully saturated rings. The molecular formula is C23H36N4O2. The third-order valence-corrected chi connectivity index (χ3v) is 6.69. The Labute approximate surface area is 175 Å². The van der Waals surface area contributed by atoms with Gasteiger partial charge in [0.15, 0.2) is 0 Å². The minimum absolute atomic E-state index is 0.0892. The van der Waals surface area contributed by atoms with Crippen molar-refractivity contribution >= 4 is 5.91 Å². The van der Waals surface area contributed by atoms with Gasteiger partial charge in [0.05, 0.1) is 25.8 Å². The lowest BCUT2D eigenvalue weighted by atomic mass is 9.81. The van der Waals surface area contributed by atoms with Gasteiger partial charge in [0.1, 0.15) is 6.29 Å². The van der Waals surface area contributed by atoms with Crippen LogP contribution in [0.2, 0.25) is 0 Å². The molecule has 6 heteroatoms. The van der Waals surface area contributed by atoms with E-state index in [0.717, 1.165) is 52.1 Å². The van der Waals surface area contributed by atoms with Crippen molar-refractivity contribution in [2.45, 2.75) is 64.4 Å². The number of likely N-dealkylation sites (tertiary alicyclic amines) is 1. The fourth-order valence-corrected chi connectivity index (χ4v) is 5.17. The maximum absolute atomic E-state index is 12.6. The van der Waals surface area contributed by atoms with Gasteiger partial charge in [0.2, 0.25) is 5.91 Å². The number of rotatable bonds is 4. The Morgan fingerprint density at radius 2 is 1.90 bits per heavy atom. The van der Waals surface area contributed by atoms with Gasteiger partial charge in [-0.3, -0.25) is 19.9 Å². The molecule has 4 rings (SSSR count). The second kappa shape index (κ2) is 9.13. The molecule has 0 aromatic heterocycles. The maximum atomic E-state index is 12.6. The van der Waals surface area contributed by atoms with Crippen LogP contribution in [0.5, 0.6) is 0 Å². The molecule has 3 saturated heterocycles. The number of morpholine rings is 1. The quantitative estimate of drug-likeness (QED) is 0.811. The molecule has 3 aliphatic rings. The third kappa shape index (κ3) is 5.37. The predicted molar refractivity (Wildman–Crippen MR) is 114 cm³/mol. The lowest BCUT2D eigenvalue weighted by Crippen LogP contribution is -2.69. The van der Waals surface area contributed by atoms with Gasteiger partial charge >= 0.3 is 0 Å². The SMILES string of the molecule is CC1(C)CCCN(C2NC(=O)CC(N3CCOCC3)N2)[C@@H](Cc2ccccc2)C1. The molecule has 3 atom stereocenters. The molecule has 2 unspecified atom stereocenters. The smallest absolute Gasteiger partial charge is 0.225 e. The number of amides is 1. The number of hydrogen-bond donors (Lipinski definition) is 2. The molecule has 0 aliphatic carbocycles. The summed E-state index contributed by atoms with van der Waals surface area (Å²) in [4.78, 5) is 17.5. The van der Waals surface area contributed by atoms with E-state index in [1.54, 1.807) is 0 Å². The lowest BCUT2D eigenvalue weighted by molar-refractivity contribution is -0.131. The average molecular weight is 401 g/mol. The Bertz CT molecular complexity index is 675. The number of nitrogens with one attached hydrogen (secondary N) is 2. The van der Waals surface area contributed by atoms with E-state index in [-0.39, 0.29) is 18.4 Å². The van der Waals surface area contributed by atoms with Gasteiger partial charge in [0, 0.05) is 25.7 Å². The first kappa shape index (κ1) is 20.8. The molecule has 2 N–H and O–H groups in total. The van der Waals surface area contributed by atoms with Crippen molar-refractivity contribution in [3.05, 3.63) is 35.9 Å². The van der Waals surface area contributed by atoms with Crippen LogP contribution in [-0.2, 0) is 16.0 Å². The van der Waals surface area contributed by atoms with Crippen LogP contribution in [0.1, 0.15) is 45.1 Å². The molecule has 29 heavy (non-hydrogen) atoms. The van der Waals surface area contributed by atoms with E-state index in [1.165, 1.54) is 12.0 Å². The van der Waals surface area contributed by atoms with Crippen molar-refractivity contribution in [3.8, 4) is 0 Å². The zero-order valence-corrected chi connectivity index (χ0v) is 17.9. The predicted octanol–water partition coefficient (Wildman–Crippen LogP) is 2.16. The van der Waals surface area contributed by atoms with E-state index in [1.807, 2.05) is 0 Å². The van der Waals surface area contributed by atoms with Crippen LogP contribution >= 0.6 is 0 Å². The largest absolute Gasteiger partial charge is 0.379 e. The average Bonchev–Trinajstić information content (AvgIpc) is 2.86. The van der Waals surface area contributed by atoms with Gasteiger partial charge in [-0.1, -0.05) is 44.2 Å². The van der Waals surface area contributed by atoms with Crippen LogP contribution in [0, 0.1) is 5.41 Å². The monoisotopic (exact) mass is 400 g/mol. The van der Waals surface area contributed by atoms with E-state index in [4.69, 9.17) is 4.74 Å². The number of carbonyl (C=O) groups excluding carboxylic acids is 1. The van der Waals surface area contributed by atoms with Gasteiger partial charge in [-0.15, -0.1) is 0 Å². The maximum Gasteiger partial charge on any atom is 0.225 e. The van der Waals surface area contributed by atoms with Crippen molar-refractivity contribution < 1.29 is 9.53 Å². The van der Waals surface area contributed by atoms with E-state index in [0.29, 0.717) is 17.9 Å². The Kier molecular flexibility index (Phi) is 6.54. The number of nitrogens with zero attached hydrogens (tertiary/aromatic N) is 2. The molecule has 1 aromatic rings. The van der Waals surface area contributed by atoms with Crippen LogP contribution < -0.4 is 10.6 Å². The lowest BCUT2D eigenvalue weighted by Gasteiger charge is -2.46. The van der Waals surface area contributed by atoms with E-state index >= 15 is 0 Å². The third-order valence-electron chi connectivity index (χ3n) is 6.69. The van der Waals surface area contributed by atoms with Crippen LogP contribution in [0.3, 0.4) is 0 Å².